The van der Waals surface area contributed by atoms with Crippen LogP contribution in [0.2, 0.25) is 0 Å². The minimum absolute atomic E-state index is 0.00917. The van der Waals surface area contributed by atoms with Crippen molar-refractivity contribution in [1.82, 2.24) is 4.90 Å². The zero-order chi connectivity index (χ0) is 15.4. The Kier molecular flexibility index (Phi) is 5.33. The van der Waals surface area contributed by atoms with Crippen molar-refractivity contribution in [3.8, 4) is 0 Å². The van der Waals surface area contributed by atoms with E-state index in [-0.39, 0.29) is 17.6 Å². The Labute approximate surface area is 132 Å². The van der Waals surface area contributed by atoms with Gasteiger partial charge in [-0.05, 0) is 38.7 Å². The second-order valence-corrected chi connectivity index (χ2v) is 6.18. The van der Waals surface area contributed by atoms with Crippen LogP contribution >= 0.6 is 15.9 Å². The van der Waals surface area contributed by atoms with Crippen molar-refractivity contribution in [1.29, 1.82) is 0 Å². The van der Waals surface area contributed by atoms with Crippen LogP contribution < -0.4 is 0 Å². The summed E-state index contributed by atoms with van der Waals surface area (Å²) in [6.45, 7) is 2.37. The van der Waals surface area contributed by atoms with E-state index in [2.05, 4.69) is 15.9 Å². The van der Waals surface area contributed by atoms with Crippen LogP contribution in [0, 0.1) is 17.0 Å². The third-order valence-corrected chi connectivity index (χ3v) is 4.52. The summed E-state index contributed by atoms with van der Waals surface area (Å²) in [4.78, 5) is 25.1. The molecule has 1 aromatic carbocycles. The number of nitro groups is 1. The maximum absolute atomic E-state index is 12.7. The quantitative estimate of drug-likeness (QED) is 0.444. The van der Waals surface area contributed by atoms with Crippen LogP contribution in [-0.2, 0) is 0 Å². The largest absolute Gasteiger partial charge is 0.336 e. The number of alkyl halides is 1. The lowest BCUT2D eigenvalue weighted by atomic mass is 9.90. The maximum atomic E-state index is 12.7. The number of hydrogen-bond donors (Lipinski definition) is 0. The van der Waals surface area contributed by atoms with Crippen molar-refractivity contribution in [2.24, 2.45) is 0 Å². The van der Waals surface area contributed by atoms with Gasteiger partial charge in [-0.1, -0.05) is 22.0 Å². The number of carbonyl (C=O) groups excluding carboxylic acids is 1. The number of nitrogens with zero attached hydrogens (tertiary/aromatic N) is 2. The van der Waals surface area contributed by atoms with Crippen LogP contribution in [0.3, 0.4) is 0 Å². The molecule has 1 aromatic rings. The first-order chi connectivity index (χ1) is 10.0. The Hall–Kier alpha value is -1.43. The van der Waals surface area contributed by atoms with Crippen molar-refractivity contribution < 1.29 is 9.72 Å². The first-order valence-electron chi connectivity index (χ1n) is 7.16. The third-order valence-electron chi connectivity index (χ3n) is 3.96. The molecule has 1 amide bonds. The molecule has 1 aliphatic rings. The van der Waals surface area contributed by atoms with Gasteiger partial charge >= 0.3 is 0 Å². The molecule has 2 rings (SSSR count). The van der Waals surface area contributed by atoms with E-state index in [1.807, 2.05) is 4.90 Å². The Morgan fingerprint density at radius 1 is 1.48 bits per heavy atom. The van der Waals surface area contributed by atoms with E-state index in [0.717, 1.165) is 31.0 Å². The van der Waals surface area contributed by atoms with Crippen LogP contribution in [0.1, 0.15) is 41.6 Å². The molecule has 6 heteroatoms. The monoisotopic (exact) mass is 354 g/mol. The predicted molar refractivity (Wildman–Crippen MR) is 84.9 cm³/mol. The summed E-state index contributed by atoms with van der Waals surface area (Å²) < 4.78 is 0. The van der Waals surface area contributed by atoms with Crippen molar-refractivity contribution in [2.45, 2.75) is 38.6 Å². The Morgan fingerprint density at radius 2 is 2.19 bits per heavy atom. The molecule has 21 heavy (non-hydrogen) atoms. The van der Waals surface area contributed by atoms with Crippen LogP contribution in [-0.4, -0.2) is 33.6 Å². The molecule has 114 valence electrons. The van der Waals surface area contributed by atoms with Crippen LogP contribution in [0.15, 0.2) is 18.2 Å². The molecule has 5 nitrogen and oxygen atoms in total. The lowest BCUT2D eigenvalue weighted by Gasteiger charge is -2.37. The van der Waals surface area contributed by atoms with E-state index in [0.29, 0.717) is 17.7 Å². The molecule has 0 spiro atoms. The summed E-state index contributed by atoms with van der Waals surface area (Å²) in [5, 5.41) is 11.9. The Balaban J connectivity index is 2.23. The fourth-order valence-electron chi connectivity index (χ4n) is 2.48. The van der Waals surface area contributed by atoms with E-state index in [1.54, 1.807) is 19.1 Å². The average Bonchev–Trinajstić information content (AvgIpc) is 2.40. The number of amides is 1. The van der Waals surface area contributed by atoms with Gasteiger partial charge in [0.15, 0.2) is 0 Å². The minimum Gasteiger partial charge on any atom is -0.336 e. The summed E-state index contributed by atoms with van der Waals surface area (Å²) in [5.41, 5.74) is 0.996. The highest BCUT2D eigenvalue weighted by Gasteiger charge is 2.29. The first kappa shape index (κ1) is 15.9. The van der Waals surface area contributed by atoms with E-state index in [4.69, 9.17) is 0 Å². The molecule has 0 saturated heterocycles. The van der Waals surface area contributed by atoms with Crippen molar-refractivity contribution in [2.75, 3.05) is 11.9 Å². The van der Waals surface area contributed by atoms with E-state index in [1.165, 1.54) is 6.07 Å². The number of benzene rings is 1. The van der Waals surface area contributed by atoms with Gasteiger partial charge in [0.25, 0.3) is 11.6 Å². The maximum Gasteiger partial charge on any atom is 0.273 e. The lowest BCUT2D eigenvalue weighted by molar-refractivity contribution is -0.385. The lowest BCUT2D eigenvalue weighted by Crippen LogP contribution is -2.44. The van der Waals surface area contributed by atoms with Crippen LogP contribution in [0.4, 0.5) is 5.69 Å². The summed E-state index contributed by atoms with van der Waals surface area (Å²) >= 11 is 3.39. The Morgan fingerprint density at radius 3 is 2.71 bits per heavy atom. The zero-order valence-electron chi connectivity index (χ0n) is 12.0. The summed E-state index contributed by atoms with van der Waals surface area (Å²) in [7, 11) is 0. The molecule has 1 fully saturated rings. The molecule has 0 N–H and O–H groups in total. The van der Waals surface area contributed by atoms with E-state index in [9.17, 15) is 14.9 Å². The topological polar surface area (TPSA) is 63.5 Å². The smallest absolute Gasteiger partial charge is 0.273 e. The van der Waals surface area contributed by atoms with E-state index < -0.39 is 4.92 Å². The average molecular weight is 355 g/mol. The number of rotatable bonds is 6. The normalized spacial score (nSPS) is 14.6. The van der Waals surface area contributed by atoms with Gasteiger partial charge in [-0.3, -0.25) is 14.9 Å². The molecular weight excluding hydrogens is 336 g/mol. The second kappa shape index (κ2) is 7.02. The summed E-state index contributed by atoms with van der Waals surface area (Å²) in [6.07, 6.45) is 4.09. The van der Waals surface area contributed by atoms with Gasteiger partial charge in [0, 0.05) is 35.1 Å². The van der Waals surface area contributed by atoms with Gasteiger partial charge in [-0.15, -0.1) is 0 Å². The second-order valence-electron chi connectivity index (χ2n) is 5.38. The van der Waals surface area contributed by atoms with Crippen LogP contribution in [0.5, 0.6) is 0 Å². The molecule has 0 heterocycles. The molecule has 0 bridgehead atoms. The van der Waals surface area contributed by atoms with Gasteiger partial charge in [-0.2, -0.15) is 0 Å². The van der Waals surface area contributed by atoms with Crippen molar-refractivity contribution in [3.63, 3.8) is 0 Å². The van der Waals surface area contributed by atoms with Crippen molar-refractivity contribution in [3.05, 3.63) is 39.4 Å². The zero-order valence-corrected chi connectivity index (χ0v) is 13.6. The predicted octanol–water partition coefficient (Wildman–Crippen LogP) is 3.68. The highest BCUT2D eigenvalue weighted by molar-refractivity contribution is 9.09. The molecule has 1 aliphatic carbocycles. The van der Waals surface area contributed by atoms with E-state index >= 15 is 0 Å². The van der Waals surface area contributed by atoms with Gasteiger partial charge in [0.2, 0.25) is 0 Å². The fraction of sp³-hybridized carbons (Fsp3) is 0.533. The fourth-order valence-corrected chi connectivity index (χ4v) is 2.73. The molecule has 0 aromatic heterocycles. The van der Waals surface area contributed by atoms with Gasteiger partial charge < -0.3 is 4.90 Å². The SMILES string of the molecule is Cc1ccc(C(=O)N(CCCBr)C2CCC2)cc1[N+](=O)[O-]. The number of carbonyl (C=O) groups is 1. The number of halogens is 1. The third kappa shape index (κ3) is 3.61. The van der Waals surface area contributed by atoms with Gasteiger partial charge in [0.1, 0.15) is 0 Å². The molecular formula is C15H19BrN2O3. The standard InChI is InChI=1S/C15H19BrN2O3/c1-11-6-7-12(10-14(11)18(20)21)15(19)17(9-3-8-16)13-4-2-5-13/h6-7,10,13H,2-5,8-9H2,1H3. The molecule has 1 saturated carbocycles. The molecule has 0 atom stereocenters. The molecule has 0 aliphatic heterocycles. The molecule has 0 radical (unpaired) electrons. The summed E-state index contributed by atoms with van der Waals surface area (Å²) in [6, 6.07) is 5.02. The first-order valence-corrected chi connectivity index (χ1v) is 8.28. The molecule has 0 unspecified atom stereocenters. The van der Waals surface area contributed by atoms with Crippen LogP contribution in [0.25, 0.3) is 0 Å². The summed E-state index contributed by atoms with van der Waals surface area (Å²) in [5.74, 6) is -0.0937. The Bertz CT molecular complexity index is 544. The minimum atomic E-state index is -0.432. The van der Waals surface area contributed by atoms with Crippen molar-refractivity contribution >= 4 is 27.5 Å². The van der Waals surface area contributed by atoms with Gasteiger partial charge in [-0.25, -0.2) is 0 Å². The number of aryl methyl sites for hydroxylation is 1. The highest BCUT2D eigenvalue weighted by atomic mass is 79.9. The highest BCUT2D eigenvalue weighted by Crippen LogP contribution is 2.28. The number of nitro benzene ring substituents is 1. The number of hydrogen-bond acceptors (Lipinski definition) is 3. The van der Waals surface area contributed by atoms with Gasteiger partial charge in [0.05, 0.1) is 4.92 Å².